The van der Waals surface area contributed by atoms with Gasteiger partial charge in [-0.25, -0.2) is 9.37 Å². The fourth-order valence-corrected chi connectivity index (χ4v) is 4.11. The summed E-state index contributed by atoms with van der Waals surface area (Å²) in [7, 11) is 0. The summed E-state index contributed by atoms with van der Waals surface area (Å²) in [4.78, 5) is 20.8. The van der Waals surface area contributed by atoms with Crippen molar-refractivity contribution in [2.24, 2.45) is 5.92 Å². The van der Waals surface area contributed by atoms with Crippen LogP contribution in [0.4, 0.5) is 10.1 Å². The lowest BCUT2D eigenvalue weighted by Crippen LogP contribution is -2.49. The summed E-state index contributed by atoms with van der Waals surface area (Å²) < 4.78 is 19.9. The first-order chi connectivity index (χ1) is 15.5. The summed E-state index contributed by atoms with van der Waals surface area (Å²) in [5, 5.41) is 0. The second-order valence-corrected chi connectivity index (χ2v) is 8.73. The van der Waals surface area contributed by atoms with Crippen LogP contribution in [0.15, 0.2) is 59.1 Å². The summed E-state index contributed by atoms with van der Waals surface area (Å²) in [6.45, 7) is 6.85. The quantitative estimate of drug-likeness (QED) is 0.526. The number of amides is 1. The third-order valence-electron chi connectivity index (χ3n) is 5.81. The Labute approximate surface area is 188 Å². The molecule has 5 nitrogen and oxygen atoms in total. The fraction of sp³-hybridized carbons (Fsp3) is 0.385. The molecule has 168 valence electrons. The molecule has 0 spiro atoms. The van der Waals surface area contributed by atoms with Gasteiger partial charge in [0, 0.05) is 44.6 Å². The third-order valence-corrected chi connectivity index (χ3v) is 5.81. The summed E-state index contributed by atoms with van der Waals surface area (Å²) in [6.07, 6.45) is 3.60. The minimum atomic E-state index is -0.221. The Balaban J connectivity index is 1.27. The van der Waals surface area contributed by atoms with Gasteiger partial charge in [0.15, 0.2) is 11.7 Å². The van der Waals surface area contributed by atoms with Crippen molar-refractivity contribution in [3.05, 3.63) is 72.0 Å². The normalized spacial score (nSPS) is 14.2. The maximum Gasteiger partial charge on any atom is 0.223 e. The lowest BCUT2D eigenvalue weighted by atomic mass is 10.0. The minimum Gasteiger partial charge on any atom is -0.441 e. The molecule has 6 heteroatoms. The molecule has 0 radical (unpaired) electrons. The van der Waals surface area contributed by atoms with E-state index in [1.807, 2.05) is 15.9 Å². The van der Waals surface area contributed by atoms with Crippen LogP contribution in [0, 0.1) is 11.7 Å². The lowest BCUT2D eigenvalue weighted by Gasteiger charge is -2.36. The molecule has 0 aliphatic carbocycles. The monoisotopic (exact) mass is 435 g/mol. The van der Waals surface area contributed by atoms with Crippen LogP contribution in [0.1, 0.15) is 31.7 Å². The van der Waals surface area contributed by atoms with Gasteiger partial charge >= 0.3 is 0 Å². The van der Waals surface area contributed by atoms with Gasteiger partial charge in [-0.2, -0.15) is 0 Å². The van der Waals surface area contributed by atoms with Crippen molar-refractivity contribution < 1.29 is 13.6 Å². The Kier molecular flexibility index (Phi) is 6.88. The first-order valence-electron chi connectivity index (χ1n) is 11.3. The van der Waals surface area contributed by atoms with E-state index < -0.39 is 0 Å². The van der Waals surface area contributed by atoms with Crippen molar-refractivity contribution in [3.63, 3.8) is 0 Å². The maximum atomic E-state index is 14.0. The number of carbonyl (C=O) groups excluding carboxylic acids is 1. The molecule has 1 amide bonds. The fourth-order valence-electron chi connectivity index (χ4n) is 4.11. The van der Waals surface area contributed by atoms with E-state index in [0.717, 1.165) is 17.7 Å². The number of hydrogen-bond donors (Lipinski definition) is 0. The molecule has 0 saturated carbocycles. The lowest BCUT2D eigenvalue weighted by molar-refractivity contribution is -0.131. The van der Waals surface area contributed by atoms with E-state index in [9.17, 15) is 9.18 Å². The Hall–Kier alpha value is -3.15. The third kappa shape index (κ3) is 5.36. The number of aryl methyl sites for hydroxylation is 1. The number of nitrogens with zero attached hydrogens (tertiary/aromatic N) is 3. The van der Waals surface area contributed by atoms with E-state index in [0.29, 0.717) is 56.5 Å². The van der Waals surface area contributed by atoms with Crippen LogP contribution in [0.25, 0.3) is 11.3 Å². The highest BCUT2D eigenvalue weighted by molar-refractivity contribution is 5.76. The zero-order chi connectivity index (χ0) is 22.5. The van der Waals surface area contributed by atoms with E-state index in [4.69, 9.17) is 4.42 Å². The smallest absolute Gasteiger partial charge is 0.223 e. The van der Waals surface area contributed by atoms with Crippen LogP contribution in [-0.2, 0) is 17.6 Å². The summed E-state index contributed by atoms with van der Waals surface area (Å²) >= 11 is 0. The van der Waals surface area contributed by atoms with Gasteiger partial charge in [0.05, 0.1) is 11.9 Å². The standard InChI is InChI=1S/C26H30FN3O2/c1-19(2)17-20-7-9-21(10-8-20)24-18-28-25(32-24)11-12-26(31)30-15-13-29(14-16-30)23-6-4-3-5-22(23)27/h3-10,18-19H,11-17H2,1-2H3. The molecule has 1 aliphatic heterocycles. The summed E-state index contributed by atoms with van der Waals surface area (Å²) in [6, 6.07) is 15.1. The topological polar surface area (TPSA) is 49.6 Å². The van der Waals surface area contributed by atoms with Crippen molar-refractivity contribution in [3.8, 4) is 11.3 Å². The first-order valence-corrected chi connectivity index (χ1v) is 11.3. The molecular formula is C26H30FN3O2. The molecule has 1 saturated heterocycles. The Morgan fingerprint density at radius 1 is 1.06 bits per heavy atom. The molecule has 1 fully saturated rings. The number of anilines is 1. The molecule has 4 rings (SSSR count). The van der Waals surface area contributed by atoms with Crippen LogP contribution >= 0.6 is 0 Å². The van der Waals surface area contributed by atoms with Crippen molar-refractivity contribution in [1.29, 1.82) is 0 Å². The van der Waals surface area contributed by atoms with Crippen LogP contribution in [-0.4, -0.2) is 42.0 Å². The van der Waals surface area contributed by atoms with Gasteiger partial charge in [-0.1, -0.05) is 50.2 Å². The molecule has 0 unspecified atom stereocenters. The maximum absolute atomic E-state index is 14.0. The number of rotatable bonds is 7. The Morgan fingerprint density at radius 3 is 2.47 bits per heavy atom. The molecule has 2 heterocycles. The highest BCUT2D eigenvalue weighted by Crippen LogP contribution is 2.23. The number of carbonyl (C=O) groups is 1. The summed E-state index contributed by atoms with van der Waals surface area (Å²) in [5.74, 6) is 1.78. The second kappa shape index (κ2) is 9.98. The zero-order valence-electron chi connectivity index (χ0n) is 18.8. The average Bonchev–Trinajstić information content (AvgIpc) is 3.27. The predicted molar refractivity (Wildman–Crippen MR) is 124 cm³/mol. The largest absolute Gasteiger partial charge is 0.441 e. The van der Waals surface area contributed by atoms with Crippen molar-refractivity contribution in [2.45, 2.75) is 33.1 Å². The van der Waals surface area contributed by atoms with E-state index >= 15 is 0 Å². The van der Waals surface area contributed by atoms with Gasteiger partial charge in [-0.3, -0.25) is 4.79 Å². The second-order valence-electron chi connectivity index (χ2n) is 8.73. The molecule has 3 aromatic rings. The highest BCUT2D eigenvalue weighted by atomic mass is 19.1. The van der Waals surface area contributed by atoms with E-state index in [1.54, 1.807) is 18.3 Å². The molecule has 32 heavy (non-hydrogen) atoms. The van der Waals surface area contributed by atoms with E-state index in [1.165, 1.54) is 11.6 Å². The number of benzene rings is 2. The van der Waals surface area contributed by atoms with Gasteiger partial charge in [0.2, 0.25) is 5.91 Å². The first kappa shape index (κ1) is 22.1. The van der Waals surface area contributed by atoms with Gasteiger partial charge < -0.3 is 14.2 Å². The SMILES string of the molecule is CC(C)Cc1ccc(-c2cnc(CCC(=O)N3CCN(c4ccccc4F)CC3)o2)cc1. The van der Waals surface area contributed by atoms with Crippen LogP contribution in [0.3, 0.4) is 0 Å². The number of halogens is 1. The molecule has 1 aromatic heterocycles. The molecule has 0 bridgehead atoms. The number of piperazine rings is 1. The highest BCUT2D eigenvalue weighted by Gasteiger charge is 2.23. The van der Waals surface area contributed by atoms with Crippen LogP contribution in [0.2, 0.25) is 0 Å². The Morgan fingerprint density at radius 2 is 1.78 bits per heavy atom. The molecular weight excluding hydrogens is 405 g/mol. The minimum absolute atomic E-state index is 0.0796. The number of oxazole rings is 1. The van der Waals surface area contributed by atoms with Gasteiger partial charge in [-0.05, 0) is 30.0 Å². The Bertz CT molecular complexity index is 1040. The molecule has 0 atom stereocenters. The number of para-hydroxylation sites is 1. The molecule has 2 aromatic carbocycles. The van der Waals surface area contributed by atoms with Gasteiger partial charge in [0.25, 0.3) is 0 Å². The predicted octanol–water partition coefficient (Wildman–Crippen LogP) is 4.96. The van der Waals surface area contributed by atoms with Crippen molar-refractivity contribution in [2.75, 3.05) is 31.1 Å². The van der Waals surface area contributed by atoms with Crippen molar-refractivity contribution >= 4 is 11.6 Å². The van der Waals surface area contributed by atoms with Crippen molar-refractivity contribution in [1.82, 2.24) is 9.88 Å². The van der Waals surface area contributed by atoms with Crippen LogP contribution < -0.4 is 4.90 Å². The average molecular weight is 436 g/mol. The summed E-state index contributed by atoms with van der Waals surface area (Å²) in [5.41, 5.74) is 2.90. The molecule has 1 aliphatic rings. The van der Waals surface area contributed by atoms with Gasteiger partial charge in [-0.15, -0.1) is 0 Å². The van der Waals surface area contributed by atoms with E-state index in [-0.39, 0.29) is 11.7 Å². The number of aromatic nitrogens is 1. The number of hydrogen-bond acceptors (Lipinski definition) is 4. The van der Waals surface area contributed by atoms with Gasteiger partial charge in [0.1, 0.15) is 5.82 Å². The van der Waals surface area contributed by atoms with Crippen LogP contribution in [0.5, 0.6) is 0 Å². The van der Waals surface area contributed by atoms with E-state index in [2.05, 4.69) is 43.1 Å². The zero-order valence-corrected chi connectivity index (χ0v) is 18.8. The molecule has 0 N–H and O–H groups in total.